The average Bonchev–Trinajstić information content (AvgIpc) is 2.71. The molecule has 0 bridgehead atoms. The van der Waals surface area contributed by atoms with E-state index in [1.54, 1.807) is 23.5 Å². The molecule has 0 atom stereocenters. The summed E-state index contributed by atoms with van der Waals surface area (Å²) < 4.78 is 0. The first-order valence-corrected chi connectivity index (χ1v) is 10.9. The van der Waals surface area contributed by atoms with Crippen molar-refractivity contribution in [3.8, 4) is 0 Å². The van der Waals surface area contributed by atoms with Gasteiger partial charge in [0.25, 0.3) is 0 Å². The fourth-order valence-electron chi connectivity index (χ4n) is 3.73. The van der Waals surface area contributed by atoms with Crippen LogP contribution in [-0.4, -0.2) is 22.5 Å². The van der Waals surface area contributed by atoms with Crippen molar-refractivity contribution < 1.29 is 0 Å². The largest absolute Gasteiger partial charge is 0.241 e. The quantitative estimate of drug-likeness (QED) is 0.260. The number of pyridine rings is 2. The monoisotopic (exact) mass is 372 g/mol. The molecule has 0 unspecified atom stereocenters. The van der Waals surface area contributed by atoms with Crippen LogP contribution in [0.3, 0.4) is 0 Å². The van der Waals surface area contributed by atoms with Crippen LogP contribution in [0.1, 0.15) is 0 Å². The second-order valence-electron chi connectivity index (χ2n) is 6.19. The lowest BCUT2D eigenvalue weighted by atomic mass is 9.97. The summed E-state index contributed by atoms with van der Waals surface area (Å²) in [6.07, 6.45) is 4.19. The van der Waals surface area contributed by atoms with E-state index < -0.39 is 0 Å². The number of thioether (sulfide) groups is 2. The number of fused-ring (bicyclic) bond motifs is 7. The highest BCUT2D eigenvalue weighted by Gasteiger charge is 2.15. The molecular formula is C22H16N2S2. The smallest absolute Gasteiger partial charge is 0.104 e. The zero-order chi connectivity index (χ0) is 17.7. The van der Waals surface area contributed by atoms with Crippen molar-refractivity contribution in [3.05, 3.63) is 60.7 Å². The van der Waals surface area contributed by atoms with Crippen molar-refractivity contribution in [2.75, 3.05) is 12.5 Å². The third-order valence-corrected chi connectivity index (χ3v) is 6.24. The lowest BCUT2D eigenvalue weighted by Crippen LogP contribution is -1.92. The molecule has 0 amide bonds. The van der Waals surface area contributed by atoms with Gasteiger partial charge in [0.05, 0.1) is 11.0 Å². The van der Waals surface area contributed by atoms with Crippen LogP contribution in [-0.2, 0) is 0 Å². The standard InChI is InChI=1S/C22H16N2S2/c1-25-21-15-11-12-16-20(19(15)13-7-3-5-9-17(13)23-21)14-8-4-6-10-18(14)24-22(16)26-2/h3-12H,1-2H3. The molecule has 2 heterocycles. The second-order valence-corrected chi connectivity index (χ2v) is 7.78. The molecule has 0 saturated carbocycles. The van der Waals surface area contributed by atoms with E-state index in [0.29, 0.717) is 0 Å². The Morgan fingerprint density at radius 3 is 1.38 bits per heavy atom. The molecule has 3 aromatic carbocycles. The maximum atomic E-state index is 4.89. The van der Waals surface area contributed by atoms with Gasteiger partial charge in [-0.05, 0) is 24.6 Å². The molecule has 0 saturated heterocycles. The molecule has 0 N–H and O–H groups in total. The summed E-state index contributed by atoms with van der Waals surface area (Å²) in [5.74, 6) is 0. The van der Waals surface area contributed by atoms with E-state index in [2.05, 4.69) is 73.2 Å². The summed E-state index contributed by atoms with van der Waals surface area (Å²) in [5.41, 5.74) is 2.09. The first-order chi connectivity index (χ1) is 12.8. The van der Waals surface area contributed by atoms with Gasteiger partial charge < -0.3 is 0 Å². The summed E-state index contributed by atoms with van der Waals surface area (Å²) >= 11 is 3.41. The van der Waals surface area contributed by atoms with Crippen LogP contribution in [0.2, 0.25) is 0 Å². The molecule has 2 aromatic heterocycles. The van der Waals surface area contributed by atoms with Crippen molar-refractivity contribution in [2.24, 2.45) is 0 Å². The van der Waals surface area contributed by atoms with Crippen molar-refractivity contribution in [1.82, 2.24) is 9.97 Å². The summed E-state index contributed by atoms with van der Waals surface area (Å²) in [6.45, 7) is 0. The number of hydrogen-bond acceptors (Lipinski definition) is 4. The van der Waals surface area contributed by atoms with Gasteiger partial charge in [-0.15, -0.1) is 23.5 Å². The lowest BCUT2D eigenvalue weighted by Gasteiger charge is -2.14. The van der Waals surface area contributed by atoms with Gasteiger partial charge >= 0.3 is 0 Å². The molecule has 0 fully saturated rings. The van der Waals surface area contributed by atoms with E-state index in [1.807, 2.05) is 0 Å². The van der Waals surface area contributed by atoms with Crippen LogP contribution in [0, 0.1) is 0 Å². The van der Waals surface area contributed by atoms with E-state index in [0.717, 1.165) is 21.1 Å². The molecule has 126 valence electrons. The summed E-state index contributed by atoms with van der Waals surface area (Å²) in [7, 11) is 0. The molecule has 0 aliphatic carbocycles. The Labute approximate surface area is 160 Å². The van der Waals surface area contributed by atoms with Crippen molar-refractivity contribution in [1.29, 1.82) is 0 Å². The molecule has 0 spiro atoms. The molecular weight excluding hydrogens is 356 g/mol. The molecule has 5 aromatic rings. The minimum absolute atomic E-state index is 1.04. The summed E-state index contributed by atoms with van der Waals surface area (Å²) in [4.78, 5) is 9.79. The number of nitrogens with zero attached hydrogens (tertiary/aromatic N) is 2. The first-order valence-electron chi connectivity index (χ1n) is 8.43. The van der Waals surface area contributed by atoms with Gasteiger partial charge in [-0.2, -0.15) is 0 Å². The molecule has 26 heavy (non-hydrogen) atoms. The van der Waals surface area contributed by atoms with E-state index in [1.165, 1.54) is 32.3 Å². The minimum atomic E-state index is 1.04. The highest BCUT2D eigenvalue weighted by molar-refractivity contribution is 7.99. The number of benzene rings is 3. The van der Waals surface area contributed by atoms with Crippen LogP contribution in [0.5, 0.6) is 0 Å². The SMILES string of the molecule is CSc1nc2ccccc2c2c1ccc1c(SC)nc3ccccc3c12. The Kier molecular flexibility index (Phi) is 3.76. The maximum Gasteiger partial charge on any atom is 0.104 e. The Bertz CT molecular complexity index is 1210. The Balaban J connectivity index is 2.18. The van der Waals surface area contributed by atoms with Crippen LogP contribution in [0.15, 0.2) is 70.7 Å². The van der Waals surface area contributed by atoms with Gasteiger partial charge in [0.2, 0.25) is 0 Å². The highest BCUT2D eigenvalue weighted by Crippen LogP contribution is 2.40. The highest BCUT2D eigenvalue weighted by atomic mass is 32.2. The summed E-state index contributed by atoms with van der Waals surface area (Å²) in [6, 6.07) is 21.3. The maximum absolute atomic E-state index is 4.89. The fourth-order valence-corrected chi connectivity index (χ4v) is 4.89. The van der Waals surface area contributed by atoms with Crippen LogP contribution in [0.25, 0.3) is 43.4 Å². The molecule has 0 aliphatic rings. The zero-order valence-corrected chi connectivity index (χ0v) is 16.1. The topological polar surface area (TPSA) is 25.8 Å². The molecule has 2 nitrogen and oxygen atoms in total. The van der Waals surface area contributed by atoms with Gasteiger partial charge in [-0.3, -0.25) is 0 Å². The Morgan fingerprint density at radius 2 is 0.962 bits per heavy atom. The van der Waals surface area contributed by atoms with E-state index in [4.69, 9.17) is 9.97 Å². The molecule has 5 rings (SSSR count). The molecule has 0 radical (unpaired) electrons. The third kappa shape index (κ3) is 2.22. The van der Waals surface area contributed by atoms with Crippen LogP contribution in [0.4, 0.5) is 0 Å². The van der Waals surface area contributed by atoms with E-state index >= 15 is 0 Å². The number of aromatic nitrogens is 2. The Morgan fingerprint density at radius 1 is 0.538 bits per heavy atom. The Hall–Kier alpha value is -2.30. The van der Waals surface area contributed by atoms with Crippen LogP contribution >= 0.6 is 23.5 Å². The predicted molar refractivity (Wildman–Crippen MR) is 116 cm³/mol. The fraction of sp³-hybridized carbons (Fsp3) is 0.0909. The zero-order valence-electron chi connectivity index (χ0n) is 14.5. The van der Waals surface area contributed by atoms with Crippen molar-refractivity contribution in [3.63, 3.8) is 0 Å². The third-order valence-electron chi connectivity index (χ3n) is 4.84. The number of hydrogen-bond donors (Lipinski definition) is 0. The molecule has 0 aliphatic heterocycles. The van der Waals surface area contributed by atoms with E-state index in [-0.39, 0.29) is 0 Å². The van der Waals surface area contributed by atoms with Crippen molar-refractivity contribution in [2.45, 2.75) is 10.1 Å². The van der Waals surface area contributed by atoms with E-state index in [9.17, 15) is 0 Å². The normalized spacial score (nSPS) is 11.8. The van der Waals surface area contributed by atoms with Crippen LogP contribution < -0.4 is 0 Å². The lowest BCUT2D eigenvalue weighted by molar-refractivity contribution is 1.23. The first kappa shape index (κ1) is 15.9. The van der Waals surface area contributed by atoms with Crippen molar-refractivity contribution >= 4 is 66.9 Å². The predicted octanol–water partition coefficient (Wildman–Crippen LogP) is 6.53. The summed E-state index contributed by atoms with van der Waals surface area (Å²) in [5, 5.41) is 9.56. The minimum Gasteiger partial charge on any atom is -0.241 e. The number of para-hydroxylation sites is 2. The second kappa shape index (κ2) is 6.15. The average molecular weight is 373 g/mol. The van der Waals surface area contributed by atoms with Gasteiger partial charge in [0, 0.05) is 32.3 Å². The van der Waals surface area contributed by atoms with Gasteiger partial charge in [-0.25, -0.2) is 9.97 Å². The molecule has 4 heteroatoms. The van der Waals surface area contributed by atoms with Gasteiger partial charge in [-0.1, -0.05) is 48.5 Å². The van der Waals surface area contributed by atoms with Gasteiger partial charge in [0.15, 0.2) is 0 Å². The van der Waals surface area contributed by atoms with Gasteiger partial charge in [0.1, 0.15) is 10.1 Å². The number of rotatable bonds is 2.